The molecular formula is C35H23N2OP. The highest BCUT2D eigenvalue weighted by Gasteiger charge is 2.33. The summed E-state index contributed by atoms with van der Waals surface area (Å²) in [7, 11) is -3.22. The molecule has 0 saturated heterocycles. The van der Waals surface area contributed by atoms with Gasteiger partial charge in [0.2, 0.25) is 0 Å². The molecule has 0 spiro atoms. The van der Waals surface area contributed by atoms with Crippen molar-refractivity contribution in [3.63, 3.8) is 0 Å². The molecule has 3 nitrogen and oxygen atoms in total. The van der Waals surface area contributed by atoms with Crippen molar-refractivity contribution in [1.82, 2.24) is 9.38 Å². The van der Waals surface area contributed by atoms with Crippen molar-refractivity contribution in [3.8, 4) is 0 Å². The number of pyridine rings is 1. The molecule has 2 heterocycles. The lowest BCUT2D eigenvalue weighted by molar-refractivity contribution is 0.592. The molecule has 4 heteroatoms. The molecule has 0 fully saturated rings. The SMILES string of the molecule is O=P(c1ccccc1)(c1ccccc1)c1cccc2c1nc1c3ccccc3c3ccc4ccccc4c3n21. The van der Waals surface area contributed by atoms with Crippen LogP contribution < -0.4 is 15.9 Å². The number of hydrogen-bond donors (Lipinski definition) is 0. The molecule has 0 N–H and O–H groups in total. The van der Waals surface area contributed by atoms with Gasteiger partial charge in [0.15, 0.2) is 7.14 Å². The van der Waals surface area contributed by atoms with Gasteiger partial charge in [-0.2, -0.15) is 0 Å². The average molecular weight is 519 g/mol. The third kappa shape index (κ3) is 3.11. The first-order chi connectivity index (χ1) is 19.2. The first kappa shape index (κ1) is 22.3. The largest absolute Gasteiger partial charge is 0.309 e. The summed E-state index contributed by atoms with van der Waals surface area (Å²) in [5, 5.41) is 8.15. The van der Waals surface area contributed by atoms with Crippen LogP contribution in [0, 0.1) is 0 Å². The van der Waals surface area contributed by atoms with Gasteiger partial charge in [0.25, 0.3) is 0 Å². The second kappa shape index (κ2) is 8.39. The Bertz CT molecular complexity index is 2210. The Balaban J connectivity index is 1.60. The summed E-state index contributed by atoms with van der Waals surface area (Å²) in [5.41, 5.74) is 3.74. The van der Waals surface area contributed by atoms with E-state index in [9.17, 15) is 0 Å². The summed E-state index contributed by atoms with van der Waals surface area (Å²) in [5.74, 6) is 0. The van der Waals surface area contributed by atoms with Gasteiger partial charge in [-0.1, -0.05) is 127 Å². The molecule has 0 unspecified atom stereocenters. The van der Waals surface area contributed by atoms with Crippen LogP contribution in [0.1, 0.15) is 0 Å². The topological polar surface area (TPSA) is 34.4 Å². The molecule has 0 aliphatic carbocycles. The highest BCUT2D eigenvalue weighted by atomic mass is 31.2. The van der Waals surface area contributed by atoms with Gasteiger partial charge in [0, 0.05) is 32.1 Å². The molecule has 8 rings (SSSR count). The van der Waals surface area contributed by atoms with Crippen LogP contribution in [0.2, 0.25) is 0 Å². The monoisotopic (exact) mass is 518 g/mol. The van der Waals surface area contributed by atoms with E-state index in [1.165, 1.54) is 16.2 Å². The Hall–Kier alpha value is -4.72. The second-order valence-corrected chi connectivity index (χ2v) is 12.7. The molecule has 0 radical (unpaired) electrons. The molecular weight excluding hydrogens is 495 g/mol. The molecule has 0 saturated carbocycles. The van der Waals surface area contributed by atoms with Crippen LogP contribution >= 0.6 is 7.14 Å². The summed E-state index contributed by atoms with van der Waals surface area (Å²) >= 11 is 0. The maximum atomic E-state index is 15.4. The normalized spacial score (nSPS) is 12.2. The van der Waals surface area contributed by atoms with Crippen molar-refractivity contribution in [2.75, 3.05) is 0 Å². The summed E-state index contributed by atoms with van der Waals surface area (Å²) in [6.45, 7) is 0. The van der Waals surface area contributed by atoms with Gasteiger partial charge in [-0.25, -0.2) is 4.98 Å². The predicted molar refractivity (Wildman–Crippen MR) is 165 cm³/mol. The number of benzene rings is 6. The van der Waals surface area contributed by atoms with Crippen LogP contribution in [-0.2, 0) is 4.57 Å². The van der Waals surface area contributed by atoms with Crippen molar-refractivity contribution >= 4 is 72.2 Å². The maximum absolute atomic E-state index is 15.4. The van der Waals surface area contributed by atoms with E-state index in [1.807, 2.05) is 72.8 Å². The number of fused-ring (bicyclic) bond motifs is 10. The van der Waals surface area contributed by atoms with Crippen LogP contribution in [0.25, 0.3) is 49.1 Å². The minimum atomic E-state index is -3.22. The van der Waals surface area contributed by atoms with Crippen molar-refractivity contribution < 1.29 is 4.57 Å². The fourth-order valence-corrected chi connectivity index (χ4v) is 8.87. The standard InChI is InChI=1S/C35H23N2OP/c38-39(25-13-3-1-4-14-25,26-15-5-2-6-16-26)32-21-11-20-31-33(32)36-35-30-19-10-9-18-28(30)29-23-22-24-12-7-8-17-27(24)34(29)37(31)35/h1-23H. The number of para-hydroxylation sites is 1. The molecule has 0 bridgehead atoms. The molecule has 8 aromatic rings. The fraction of sp³-hybridized carbons (Fsp3) is 0. The van der Waals surface area contributed by atoms with E-state index in [2.05, 4.69) is 71.1 Å². The summed E-state index contributed by atoms with van der Waals surface area (Å²) in [4.78, 5) is 5.31. The second-order valence-electron chi connectivity index (χ2n) is 9.92. The van der Waals surface area contributed by atoms with Gasteiger partial charge in [-0.05, 0) is 22.9 Å². The minimum absolute atomic E-state index is 0.763. The van der Waals surface area contributed by atoms with E-state index < -0.39 is 7.14 Å². The maximum Gasteiger partial charge on any atom is 0.173 e. The number of nitrogens with zero attached hydrogens (tertiary/aromatic N) is 2. The summed E-state index contributed by atoms with van der Waals surface area (Å²) in [6.07, 6.45) is 0. The highest BCUT2D eigenvalue weighted by molar-refractivity contribution is 7.85. The van der Waals surface area contributed by atoms with Gasteiger partial charge in [0.05, 0.1) is 11.0 Å². The molecule has 0 amide bonds. The summed E-state index contributed by atoms with van der Waals surface area (Å²) in [6, 6.07) is 47.2. The van der Waals surface area contributed by atoms with E-state index in [0.717, 1.165) is 48.9 Å². The van der Waals surface area contributed by atoms with E-state index in [-0.39, 0.29) is 0 Å². The van der Waals surface area contributed by atoms with Gasteiger partial charge in [0.1, 0.15) is 11.2 Å². The van der Waals surface area contributed by atoms with Gasteiger partial charge < -0.3 is 4.57 Å². The van der Waals surface area contributed by atoms with Crippen LogP contribution in [0.5, 0.6) is 0 Å². The smallest absolute Gasteiger partial charge is 0.173 e. The zero-order chi connectivity index (χ0) is 26.0. The Labute approximate surface area is 225 Å². The van der Waals surface area contributed by atoms with Crippen LogP contribution in [0.3, 0.4) is 0 Å². The third-order valence-electron chi connectivity index (χ3n) is 7.83. The number of hydrogen-bond acceptors (Lipinski definition) is 2. The van der Waals surface area contributed by atoms with Crippen molar-refractivity contribution in [2.24, 2.45) is 0 Å². The predicted octanol–water partition coefficient (Wildman–Crippen LogP) is 7.59. The lowest BCUT2D eigenvalue weighted by atomic mass is 10.0. The van der Waals surface area contributed by atoms with Gasteiger partial charge in [-0.3, -0.25) is 4.40 Å². The van der Waals surface area contributed by atoms with Crippen molar-refractivity contribution in [1.29, 1.82) is 0 Å². The first-order valence-electron chi connectivity index (χ1n) is 13.1. The van der Waals surface area contributed by atoms with Crippen LogP contribution in [0.15, 0.2) is 140 Å². The fourth-order valence-electron chi connectivity index (χ4n) is 6.08. The molecule has 2 aromatic heterocycles. The number of aromatic nitrogens is 2. The molecule has 0 atom stereocenters. The number of imidazole rings is 1. The van der Waals surface area contributed by atoms with E-state index in [0.29, 0.717) is 0 Å². The molecule has 39 heavy (non-hydrogen) atoms. The summed E-state index contributed by atoms with van der Waals surface area (Å²) < 4.78 is 17.7. The zero-order valence-corrected chi connectivity index (χ0v) is 21.9. The van der Waals surface area contributed by atoms with E-state index in [1.54, 1.807) is 0 Å². The third-order valence-corrected chi connectivity index (χ3v) is 10.9. The molecule has 0 aliphatic heterocycles. The quantitative estimate of drug-likeness (QED) is 0.178. The molecule has 6 aromatic carbocycles. The van der Waals surface area contributed by atoms with Crippen molar-refractivity contribution in [3.05, 3.63) is 140 Å². The van der Waals surface area contributed by atoms with Gasteiger partial charge >= 0.3 is 0 Å². The Morgan fingerprint density at radius 1 is 0.513 bits per heavy atom. The molecule has 184 valence electrons. The highest BCUT2D eigenvalue weighted by Crippen LogP contribution is 2.45. The van der Waals surface area contributed by atoms with E-state index in [4.69, 9.17) is 4.98 Å². The lowest BCUT2D eigenvalue weighted by Gasteiger charge is -2.20. The Morgan fingerprint density at radius 3 is 1.85 bits per heavy atom. The molecule has 0 aliphatic rings. The first-order valence-corrected chi connectivity index (χ1v) is 14.8. The number of rotatable bonds is 3. The van der Waals surface area contributed by atoms with Crippen LogP contribution in [0.4, 0.5) is 0 Å². The van der Waals surface area contributed by atoms with Crippen molar-refractivity contribution in [2.45, 2.75) is 0 Å². The Morgan fingerprint density at radius 2 is 1.13 bits per heavy atom. The van der Waals surface area contributed by atoms with E-state index >= 15 is 4.57 Å². The lowest BCUT2D eigenvalue weighted by Crippen LogP contribution is -2.25. The van der Waals surface area contributed by atoms with Crippen LogP contribution in [-0.4, -0.2) is 9.38 Å². The zero-order valence-electron chi connectivity index (χ0n) is 21.0. The average Bonchev–Trinajstić information content (AvgIpc) is 3.41. The Kier molecular flexibility index (Phi) is 4.79. The van der Waals surface area contributed by atoms with Gasteiger partial charge in [-0.15, -0.1) is 0 Å². The minimum Gasteiger partial charge on any atom is -0.309 e.